The molecule has 24 heavy (non-hydrogen) atoms. The number of aliphatic hydroxyl groups is 1. The lowest BCUT2D eigenvalue weighted by Crippen LogP contribution is -2.31. The molecule has 1 atom stereocenters. The van der Waals surface area contributed by atoms with E-state index in [1.54, 1.807) is 56.3 Å². The largest absolute Gasteiger partial charge is 0.383 e. The molecule has 0 aliphatic carbocycles. The molecule has 0 saturated carbocycles. The number of aliphatic hydroxyl groups excluding tert-OH is 1. The summed E-state index contributed by atoms with van der Waals surface area (Å²) in [7, 11) is 0. The van der Waals surface area contributed by atoms with E-state index in [1.165, 1.54) is 0 Å². The first kappa shape index (κ1) is 18.2. The van der Waals surface area contributed by atoms with Gasteiger partial charge in [-0.25, -0.2) is 0 Å². The van der Waals surface area contributed by atoms with Crippen LogP contribution in [0.2, 0.25) is 0 Å². The molecule has 2 amide bonds. The number of anilines is 2. The minimum atomic E-state index is -1.08. The van der Waals surface area contributed by atoms with Crippen molar-refractivity contribution in [2.24, 2.45) is 5.92 Å². The Labute approximate surface area is 149 Å². The van der Waals surface area contributed by atoms with E-state index in [9.17, 15) is 14.7 Å². The van der Waals surface area contributed by atoms with Crippen LogP contribution < -0.4 is 10.6 Å². The molecule has 0 aromatic heterocycles. The fourth-order valence-corrected chi connectivity index (χ4v) is 2.50. The summed E-state index contributed by atoms with van der Waals surface area (Å²) < 4.78 is 0.701. The number of amides is 2. The number of rotatable bonds is 5. The average Bonchev–Trinajstić information content (AvgIpc) is 2.54. The van der Waals surface area contributed by atoms with Crippen molar-refractivity contribution in [1.82, 2.24) is 0 Å². The second-order valence-corrected chi connectivity index (χ2v) is 6.55. The van der Waals surface area contributed by atoms with Crippen LogP contribution in [0.5, 0.6) is 0 Å². The molecule has 0 fully saturated rings. The third-order valence-electron chi connectivity index (χ3n) is 3.41. The van der Waals surface area contributed by atoms with Gasteiger partial charge < -0.3 is 15.7 Å². The maximum atomic E-state index is 12.3. The van der Waals surface area contributed by atoms with Crippen molar-refractivity contribution >= 4 is 39.1 Å². The molecule has 0 bridgehead atoms. The highest BCUT2D eigenvalue weighted by Gasteiger charge is 2.19. The standard InChI is InChI=1S/C18H19BrN2O3/c1-11(2)16(22)18(24)21-13-7-5-6-12(10-13)20-17(23)14-8-3-4-9-15(14)19/h3-11,16,22H,1-2H3,(H,20,23)(H,21,24)/t16-/m0/s1. The summed E-state index contributed by atoms with van der Waals surface area (Å²) in [5, 5.41) is 15.2. The summed E-state index contributed by atoms with van der Waals surface area (Å²) in [4.78, 5) is 24.2. The van der Waals surface area contributed by atoms with Crippen LogP contribution in [0.3, 0.4) is 0 Å². The van der Waals surface area contributed by atoms with Crippen LogP contribution in [-0.4, -0.2) is 23.0 Å². The molecule has 0 heterocycles. The molecule has 5 nitrogen and oxygen atoms in total. The second kappa shape index (κ2) is 8.08. The fraction of sp³-hybridized carbons (Fsp3) is 0.222. The van der Waals surface area contributed by atoms with Crippen LogP contribution in [0.1, 0.15) is 24.2 Å². The highest BCUT2D eigenvalue weighted by molar-refractivity contribution is 9.10. The lowest BCUT2D eigenvalue weighted by atomic mass is 10.1. The van der Waals surface area contributed by atoms with E-state index in [1.807, 2.05) is 6.07 Å². The molecule has 6 heteroatoms. The molecule has 3 N–H and O–H groups in total. The summed E-state index contributed by atoms with van der Waals surface area (Å²) in [5.41, 5.74) is 1.57. The minimum Gasteiger partial charge on any atom is -0.383 e. The molecular weight excluding hydrogens is 372 g/mol. The van der Waals surface area contributed by atoms with Crippen molar-refractivity contribution in [3.05, 3.63) is 58.6 Å². The number of nitrogens with one attached hydrogen (secondary N) is 2. The zero-order valence-corrected chi connectivity index (χ0v) is 15.0. The van der Waals surface area contributed by atoms with Crippen molar-refractivity contribution in [3.8, 4) is 0 Å². The number of hydrogen-bond donors (Lipinski definition) is 3. The van der Waals surface area contributed by atoms with Gasteiger partial charge in [-0.15, -0.1) is 0 Å². The molecular formula is C18H19BrN2O3. The van der Waals surface area contributed by atoms with E-state index in [2.05, 4.69) is 26.6 Å². The number of hydrogen-bond acceptors (Lipinski definition) is 3. The quantitative estimate of drug-likeness (QED) is 0.728. The van der Waals surface area contributed by atoms with Gasteiger partial charge in [0.2, 0.25) is 0 Å². The van der Waals surface area contributed by atoms with Gasteiger partial charge >= 0.3 is 0 Å². The average molecular weight is 391 g/mol. The highest BCUT2D eigenvalue weighted by Crippen LogP contribution is 2.20. The lowest BCUT2D eigenvalue weighted by Gasteiger charge is -2.15. The molecule has 0 aliphatic heterocycles. The van der Waals surface area contributed by atoms with Gasteiger partial charge in [-0.1, -0.05) is 32.0 Å². The third kappa shape index (κ3) is 4.66. The first-order valence-electron chi connectivity index (χ1n) is 7.53. The Bertz CT molecular complexity index is 747. The predicted octanol–water partition coefficient (Wildman–Crippen LogP) is 3.66. The zero-order chi connectivity index (χ0) is 17.7. The molecule has 2 aromatic carbocycles. The summed E-state index contributed by atoms with van der Waals surface area (Å²) in [6, 6.07) is 13.9. The van der Waals surface area contributed by atoms with Gasteiger partial charge in [-0.3, -0.25) is 9.59 Å². The normalized spacial score (nSPS) is 11.9. The first-order valence-corrected chi connectivity index (χ1v) is 8.32. The van der Waals surface area contributed by atoms with Crippen molar-refractivity contribution in [3.63, 3.8) is 0 Å². The molecule has 2 aromatic rings. The lowest BCUT2D eigenvalue weighted by molar-refractivity contribution is -0.125. The van der Waals surface area contributed by atoms with E-state index in [0.717, 1.165) is 0 Å². The molecule has 0 radical (unpaired) electrons. The van der Waals surface area contributed by atoms with E-state index < -0.39 is 12.0 Å². The van der Waals surface area contributed by atoms with Crippen molar-refractivity contribution < 1.29 is 14.7 Å². The Kier molecular flexibility index (Phi) is 6.11. The third-order valence-corrected chi connectivity index (χ3v) is 4.10. The Morgan fingerprint density at radius 3 is 2.25 bits per heavy atom. The molecule has 2 rings (SSSR count). The van der Waals surface area contributed by atoms with E-state index >= 15 is 0 Å². The maximum Gasteiger partial charge on any atom is 0.256 e. The topological polar surface area (TPSA) is 78.4 Å². The summed E-state index contributed by atoms with van der Waals surface area (Å²) in [5.74, 6) is -0.907. The molecule has 0 saturated heterocycles. The summed E-state index contributed by atoms with van der Waals surface area (Å²) in [6.45, 7) is 3.53. The predicted molar refractivity (Wildman–Crippen MR) is 98.0 cm³/mol. The Hall–Kier alpha value is -2.18. The SMILES string of the molecule is CC(C)[C@H](O)C(=O)Nc1cccc(NC(=O)c2ccccc2Br)c1. The van der Waals surface area contributed by atoms with Gasteiger partial charge in [0.25, 0.3) is 11.8 Å². The fourth-order valence-electron chi connectivity index (χ4n) is 2.04. The molecule has 0 aliphatic rings. The highest BCUT2D eigenvalue weighted by atomic mass is 79.9. The summed E-state index contributed by atoms with van der Waals surface area (Å²) in [6.07, 6.45) is -1.08. The number of benzene rings is 2. The summed E-state index contributed by atoms with van der Waals surface area (Å²) >= 11 is 3.34. The van der Waals surface area contributed by atoms with E-state index in [-0.39, 0.29) is 11.8 Å². The van der Waals surface area contributed by atoms with Crippen molar-refractivity contribution in [2.75, 3.05) is 10.6 Å². The minimum absolute atomic E-state index is 0.177. The van der Waals surface area contributed by atoms with Gasteiger partial charge in [-0.05, 0) is 52.2 Å². The van der Waals surface area contributed by atoms with Crippen molar-refractivity contribution in [2.45, 2.75) is 20.0 Å². The van der Waals surface area contributed by atoms with E-state index in [4.69, 9.17) is 0 Å². The van der Waals surface area contributed by atoms with Gasteiger partial charge in [0, 0.05) is 15.8 Å². The second-order valence-electron chi connectivity index (χ2n) is 5.69. The van der Waals surface area contributed by atoms with Crippen LogP contribution >= 0.6 is 15.9 Å². The van der Waals surface area contributed by atoms with Crippen molar-refractivity contribution in [1.29, 1.82) is 0 Å². The van der Waals surface area contributed by atoms with Crippen LogP contribution in [0.4, 0.5) is 11.4 Å². The number of halogens is 1. The van der Waals surface area contributed by atoms with Crippen LogP contribution in [0.25, 0.3) is 0 Å². The maximum absolute atomic E-state index is 12.3. The van der Waals surface area contributed by atoms with Gasteiger partial charge in [0.05, 0.1) is 5.56 Å². The Morgan fingerprint density at radius 1 is 1.00 bits per heavy atom. The Balaban J connectivity index is 2.09. The van der Waals surface area contributed by atoms with Crippen LogP contribution in [-0.2, 0) is 4.79 Å². The zero-order valence-electron chi connectivity index (χ0n) is 13.4. The molecule has 0 spiro atoms. The van der Waals surface area contributed by atoms with Gasteiger partial charge in [0.1, 0.15) is 6.10 Å². The Morgan fingerprint density at radius 2 is 1.62 bits per heavy atom. The van der Waals surface area contributed by atoms with Gasteiger partial charge in [-0.2, -0.15) is 0 Å². The van der Waals surface area contributed by atoms with E-state index in [0.29, 0.717) is 21.4 Å². The monoisotopic (exact) mass is 390 g/mol. The molecule has 0 unspecified atom stereocenters. The van der Waals surface area contributed by atoms with Crippen LogP contribution in [0.15, 0.2) is 53.0 Å². The molecule has 126 valence electrons. The smallest absolute Gasteiger partial charge is 0.256 e. The number of carbonyl (C=O) groups excluding carboxylic acids is 2. The van der Waals surface area contributed by atoms with Crippen LogP contribution in [0, 0.1) is 5.92 Å². The first-order chi connectivity index (χ1) is 11.4. The van der Waals surface area contributed by atoms with Gasteiger partial charge in [0.15, 0.2) is 0 Å². The number of carbonyl (C=O) groups is 2.